The van der Waals surface area contributed by atoms with E-state index in [1.165, 1.54) is 16.7 Å². The van der Waals surface area contributed by atoms with Gasteiger partial charge in [-0.15, -0.1) is 0 Å². The van der Waals surface area contributed by atoms with Crippen molar-refractivity contribution >= 4 is 33.2 Å². The molecule has 2 nitrogen and oxygen atoms in total. The second-order valence-corrected chi connectivity index (χ2v) is 7.63. The highest BCUT2D eigenvalue weighted by atomic mass is 79.9. The van der Waals surface area contributed by atoms with Crippen LogP contribution in [0.4, 0.5) is 5.69 Å². The molecule has 0 amide bonds. The molecule has 1 N–H and O–H groups in total. The zero-order valence-electron chi connectivity index (χ0n) is 14.9. The van der Waals surface area contributed by atoms with Crippen LogP contribution < -0.4 is 10.1 Å². The van der Waals surface area contributed by atoms with Gasteiger partial charge in [-0.25, -0.2) is 0 Å². The summed E-state index contributed by atoms with van der Waals surface area (Å²) in [6.07, 6.45) is 0. The first kappa shape index (κ1) is 18.8. The monoisotopic (exact) mass is 429 g/mol. The Hall–Kier alpha value is -1.97. The summed E-state index contributed by atoms with van der Waals surface area (Å²) in [5, 5.41) is 4.18. The molecule has 0 saturated heterocycles. The average Bonchev–Trinajstić information content (AvgIpc) is 2.62. The quantitative estimate of drug-likeness (QED) is 0.458. The lowest BCUT2D eigenvalue weighted by Crippen LogP contribution is -2.01. The van der Waals surface area contributed by atoms with E-state index in [1.807, 2.05) is 30.3 Å². The van der Waals surface area contributed by atoms with Gasteiger partial charge in [0.2, 0.25) is 0 Å². The first-order chi connectivity index (χ1) is 12.5. The molecule has 0 saturated carbocycles. The lowest BCUT2D eigenvalue weighted by Gasteiger charge is -2.12. The number of rotatable bonds is 6. The zero-order chi connectivity index (χ0) is 18.5. The molecule has 0 unspecified atom stereocenters. The third-order valence-electron chi connectivity index (χ3n) is 4.28. The summed E-state index contributed by atoms with van der Waals surface area (Å²) < 4.78 is 6.84. The van der Waals surface area contributed by atoms with Gasteiger partial charge < -0.3 is 10.1 Å². The van der Waals surface area contributed by atoms with Gasteiger partial charge in [-0.3, -0.25) is 0 Å². The van der Waals surface area contributed by atoms with Crippen molar-refractivity contribution in [1.82, 2.24) is 0 Å². The van der Waals surface area contributed by atoms with Crippen molar-refractivity contribution in [3.05, 3.63) is 92.4 Å². The van der Waals surface area contributed by atoms with Crippen molar-refractivity contribution < 1.29 is 4.74 Å². The summed E-state index contributed by atoms with van der Waals surface area (Å²) in [4.78, 5) is 0. The number of nitrogens with one attached hydrogen (secondary N) is 1. The maximum atomic E-state index is 6.01. The predicted molar refractivity (Wildman–Crippen MR) is 113 cm³/mol. The normalized spacial score (nSPS) is 10.6. The lowest BCUT2D eigenvalue weighted by atomic mass is 10.1. The highest BCUT2D eigenvalue weighted by molar-refractivity contribution is 9.10. The van der Waals surface area contributed by atoms with Gasteiger partial charge in [-0.1, -0.05) is 35.9 Å². The molecule has 0 heterocycles. The van der Waals surface area contributed by atoms with E-state index in [0.29, 0.717) is 6.61 Å². The third kappa shape index (κ3) is 5.03. The lowest BCUT2D eigenvalue weighted by molar-refractivity contribution is 0.304. The molecule has 0 aromatic heterocycles. The van der Waals surface area contributed by atoms with Crippen LogP contribution in [0, 0.1) is 13.8 Å². The molecular weight excluding hydrogens is 410 g/mol. The molecule has 0 fully saturated rings. The van der Waals surface area contributed by atoms with Crippen molar-refractivity contribution in [2.24, 2.45) is 0 Å². The van der Waals surface area contributed by atoms with Crippen molar-refractivity contribution in [3.63, 3.8) is 0 Å². The highest BCUT2D eigenvalue weighted by Gasteiger charge is 2.05. The van der Waals surface area contributed by atoms with Crippen LogP contribution in [-0.4, -0.2) is 0 Å². The fraction of sp³-hybridized carbons (Fsp3) is 0.182. The Kier molecular flexibility index (Phi) is 6.23. The number of ether oxygens (including phenoxy) is 1. The summed E-state index contributed by atoms with van der Waals surface area (Å²) in [6.45, 7) is 5.50. The maximum Gasteiger partial charge on any atom is 0.134 e. The number of benzene rings is 3. The Morgan fingerprint density at radius 1 is 0.923 bits per heavy atom. The third-order valence-corrected chi connectivity index (χ3v) is 5.14. The van der Waals surface area contributed by atoms with Crippen molar-refractivity contribution in [2.45, 2.75) is 27.0 Å². The van der Waals surface area contributed by atoms with Gasteiger partial charge in [-0.2, -0.15) is 0 Å². The van der Waals surface area contributed by atoms with Gasteiger partial charge >= 0.3 is 0 Å². The largest absolute Gasteiger partial charge is 0.488 e. The Morgan fingerprint density at radius 2 is 1.77 bits per heavy atom. The Balaban J connectivity index is 1.60. The zero-order valence-corrected chi connectivity index (χ0v) is 17.2. The van der Waals surface area contributed by atoms with Crippen molar-refractivity contribution in [1.29, 1.82) is 0 Å². The minimum atomic E-state index is 0.486. The van der Waals surface area contributed by atoms with Crippen LogP contribution in [-0.2, 0) is 13.2 Å². The standard InChI is InChI=1S/C22H21BrClNO/c1-15-6-8-20(10-16(15)2)25-13-17-7-9-22(21(23)12-17)26-14-18-4-3-5-19(24)11-18/h3-12,25H,13-14H2,1-2H3. The van der Waals surface area contributed by atoms with Crippen LogP contribution >= 0.6 is 27.5 Å². The highest BCUT2D eigenvalue weighted by Crippen LogP contribution is 2.27. The molecule has 0 spiro atoms. The second kappa shape index (κ2) is 8.61. The van der Waals surface area contributed by atoms with Crippen LogP contribution in [0.3, 0.4) is 0 Å². The van der Waals surface area contributed by atoms with Crippen molar-refractivity contribution in [3.8, 4) is 5.75 Å². The Morgan fingerprint density at radius 3 is 2.50 bits per heavy atom. The van der Waals surface area contributed by atoms with Gasteiger partial charge in [0.15, 0.2) is 0 Å². The van der Waals surface area contributed by atoms with E-state index in [1.54, 1.807) is 0 Å². The van der Waals surface area contributed by atoms with E-state index < -0.39 is 0 Å². The first-order valence-corrected chi connectivity index (χ1v) is 9.65. The molecule has 3 rings (SSSR count). The SMILES string of the molecule is Cc1ccc(NCc2ccc(OCc3cccc(Cl)c3)c(Br)c2)cc1C. The summed E-state index contributed by atoms with van der Waals surface area (Å²) in [5.74, 6) is 0.819. The molecule has 134 valence electrons. The number of hydrogen-bond donors (Lipinski definition) is 1. The van der Waals surface area contributed by atoms with Gasteiger partial charge in [0.05, 0.1) is 4.47 Å². The van der Waals surface area contributed by atoms with E-state index in [2.05, 4.69) is 65.4 Å². The fourth-order valence-electron chi connectivity index (χ4n) is 2.61. The number of halogens is 2. The Bertz CT molecular complexity index is 910. The first-order valence-electron chi connectivity index (χ1n) is 8.48. The molecule has 0 atom stereocenters. The van der Waals surface area contributed by atoms with Crippen LogP contribution in [0.25, 0.3) is 0 Å². The summed E-state index contributed by atoms with van der Waals surface area (Å²) >= 11 is 9.61. The molecule has 26 heavy (non-hydrogen) atoms. The molecule has 0 aliphatic carbocycles. The molecule has 0 aliphatic rings. The van der Waals surface area contributed by atoms with Crippen LogP contribution in [0.5, 0.6) is 5.75 Å². The van der Waals surface area contributed by atoms with E-state index in [-0.39, 0.29) is 0 Å². The Labute approximate surface area is 168 Å². The van der Waals surface area contributed by atoms with Gasteiger partial charge in [0.25, 0.3) is 0 Å². The summed E-state index contributed by atoms with van der Waals surface area (Å²) in [7, 11) is 0. The molecule has 3 aromatic carbocycles. The molecule has 0 bridgehead atoms. The number of anilines is 1. The van der Waals surface area contributed by atoms with Crippen LogP contribution in [0.1, 0.15) is 22.3 Å². The molecule has 0 radical (unpaired) electrons. The molecular formula is C22H21BrClNO. The van der Waals surface area contributed by atoms with E-state index >= 15 is 0 Å². The van der Waals surface area contributed by atoms with Crippen molar-refractivity contribution in [2.75, 3.05) is 5.32 Å². The maximum absolute atomic E-state index is 6.01. The minimum Gasteiger partial charge on any atom is -0.488 e. The van der Waals surface area contributed by atoms with Crippen LogP contribution in [0.2, 0.25) is 5.02 Å². The second-order valence-electron chi connectivity index (χ2n) is 6.34. The topological polar surface area (TPSA) is 21.3 Å². The fourth-order valence-corrected chi connectivity index (χ4v) is 3.37. The molecule has 3 aromatic rings. The van der Waals surface area contributed by atoms with E-state index in [9.17, 15) is 0 Å². The van der Waals surface area contributed by atoms with E-state index in [0.717, 1.165) is 33.0 Å². The number of aryl methyl sites for hydroxylation is 2. The van der Waals surface area contributed by atoms with Crippen LogP contribution in [0.15, 0.2) is 65.1 Å². The van der Waals surface area contributed by atoms with E-state index in [4.69, 9.17) is 16.3 Å². The van der Waals surface area contributed by atoms with Gasteiger partial charge in [-0.05, 0) is 88.4 Å². The van der Waals surface area contributed by atoms with Gasteiger partial charge in [0, 0.05) is 17.3 Å². The summed E-state index contributed by atoms with van der Waals surface area (Å²) in [6, 6.07) is 20.3. The molecule has 0 aliphatic heterocycles. The van der Waals surface area contributed by atoms with Gasteiger partial charge in [0.1, 0.15) is 12.4 Å². The predicted octanol–water partition coefficient (Wildman–Crippen LogP) is 6.91. The smallest absolute Gasteiger partial charge is 0.134 e. The average molecular weight is 431 g/mol. The minimum absolute atomic E-state index is 0.486. The summed E-state index contributed by atoms with van der Waals surface area (Å²) in [5.41, 5.74) is 5.96. The number of hydrogen-bond acceptors (Lipinski definition) is 2. The molecule has 4 heteroatoms.